The van der Waals surface area contributed by atoms with Crippen molar-refractivity contribution in [1.29, 1.82) is 0 Å². The van der Waals surface area contributed by atoms with Crippen molar-refractivity contribution >= 4 is 16.9 Å². The van der Waals surface area contributed by atoms with Gasteiger partial charge in [-0.05, 0) is 45.2 Å². The van der Waals surface area contributed by atoms with Gasteiger partial charge in [0.15, 0.2) is 0 Å². The summed E-state index contributed by atoms with van der Waals surface area (Å²) in [6.45, 7) is 7.21. The van der Waals surface area contributed by atoms with Gasteiger partial charge in [-0.25, -0.2) is 15.0 Å². The van der Waals surface area contributed by atoms with Gasteiger partial charge in [-0.3, -0.25) is 4.79 Å². The maximum Gasteiger partial charge on any atom is 0.257 e. The van der Waals surface area contributed by atoms with E-state index in [1.54, 1.807) is 6.20 Å². The van der Waals surface area contributed by atoms with Crippen LogP contribution in [-0.4, -0.2) is 43.8 Å². The first-order valence-electron chi connectivity index (χ1n) is 9.07. The largest absolute Gasteiger partial charge is 0.342 e. The van der Waals surface area contributed by atoms with Crippen molar-refractivity contribution in [1.82, 2.24) is 24.8 Å². The van der Waals surface area contributed by atoms with E-state index in [0.29, 0.717) is 17.9 Å². The molecule has 3 aromatic rings. The number of hydrogen-bond donors (Lipinski definition) is 1. The van der Waals surface area contributed by atoms with Gasteiger partial charge in [0.05, 0.1) is 22.3 Å². The minimum Gasteiger partial charge on any atom is -0.342 e. The van der Waals surface area contributed by atoms with Crippen LogP contribution in [0.25, 0.3) is 11.0 Å². The van der Waals surface area contributed by atoms with Crippen LogP contribution in [0.15, 0.2) is 24.4 Å². The molecule has 1 atom stereocenters. The molecular weight excluding hydrogens is 326 g/mol. The number of imidazole rings is 1. The Bertz CT molecular complexity index is 977. The summed E-state index contributed by atoms with van der Waals surface area (Å²) >= 11 is 0. The van der Waals surface area contributed by atoms with Gasteiger partial charge < -0.3 is 9.88 Å². The third-order valence-electron chi connectivity index (χ3n) is 5.16. The Morgan fingerprint density at radius 1 is 1.23 bits per heavy atom. The predicted octanol–water partition coefficient (Wildman–Crippen LogP) is 3.30. The second-order valence-corrected chi connectivity index (χ2v) is 7.10. The third-order valence-corrected chi connectivity index (χ3v) is 5.16. The molecule has 1 N–H and O–H groups in total. The number of benzene rings is 1. The van der Waals surface area contributed by atoms with Gasteiger partial charge in [-0.1, -0.05) is 12.1 Å². The van der Waals surface area contributed by atoms with Crippen LogP contribution in [0.1, 0.15) is 52.0 Å². The Hall–Kier alpha value is -2.76. The number of fused-ring (bicyclic) bond motifs is 1. The first-order valence-corrected chi connectivity index (χ1v) is 9.07. The number of aromatic amines is 1. The van der Waals surface area contributed by atoms with Gasteiger partial charge in [0.25, 0.3) is 5.91 Å². The molecule has 1 aromatic carbocycles. The van der Waals surface area contributed by atoms with E-state index in [1.807, 2.05) is 24.8 Å². The van der Waals surface area contributed by atoms with E-state index in [9.17, 15) is 4.79 Å². The minimum atomic E-state index is 0.0134. The second-order valence-electron chi connectivity index (χ2n) is 7.10. The Morgan fingerprint density at radius 3 is 2.85 bits per heavy atom. The second kappa shape index (κ2) is 6.52. The van der Waals surface area contributed by atoms with E-state index >= 15 is 0 Å². The highest BCUT2D eigenvalue weighted by molar-refractivity contribution is 5.95. The number of nitrogens with zero attached hydrogens (tertiary/aromatic N) is 4. The molecule has 0 saturated carbocycles. The van der Waals surface area contributed by atoms with Crippen LogP contribution in [0.2, 0.25) is 0 Å². The Balaban J connectivity index is 1.58. The van der Waals surface area contributed by atoms with E-state index in [0.717, 1.165) is 41.9 Å². The molecule has 6 heteroatoms. The summed E-state index contributed by atoms with van der Waals surface area (Å²) in [5.41, 5.74) is 4.59. The van der Waals surface area contributed by atoms with Gasteiger partial charge in [0.1, 0.15) is 11.6 Å². The lowest BCUT2D eigenvalue weighted by Gasteiger charge is -2.32. The fraction of sp³-hybridized carbons (Fsp3) is 0.400. The monoisotopic (exact) mass is 349 g/mol. The van der Waals surface area contributed by atoms with Crippen LogP contribution in [0.3, 0.4) is 0 Å². The van der Waals surface area contributed by atoms with E-state index in [2.05, 4.69) is 34.0 Å². The minimum absolute atomic E-state index is 0.0134. The molecule has 6 nitrogen and oxygen atoms in total. The highest BCUT2D eigenvalue weighted by atomic mass is 16.2. The Kier molecular flexibility index (Phi) is 4.18. The molecule has 26 heavy (non-hydrogen) atoms. The summed E-state index contributed by atoms with van der Waals surface area (Å²) in [5, 5.41) is 0. The molecule has 1 fully saturated rings. The lowest BCUT2D eigenvalue weighted by Crippen LogP contribution is -2.39. The first-order chi connectivity index (χ1) is 12.5. The van der Waals surface area contributed by atoms with Crippen LogP contribution in [0, 0.1) is 20.8 Å². The predicted molar refractivity (Wildman–Crippen MR) is 100 cm³/mol. The summed E-state index contributed by atoms with van der Waals surface area (Å²) in [7, 11) is 0. The molecule has 0 radical (unpaired) electrons. The van der Waals surface area contributed by atoms with E-state index in [4.69, 9.17) is 4.98 Å². The lowest BCUT2D eigenvalue weighted by molar-refractivity contribution is 0.0703. The topological polar surface area (TPSA) is 74.8 Å². The fourth-order valence-corrected chi connectivity index (χ4v) is 3.74. The number of hydrogen-bond acceptors (Lipinski definition) is 4. The number of amides is 1. The number of piperidine rings is 1. The van der Waals surface area contributed by atoms with Crippen molar-refractivity contribution in [3.05, 3.63) is 52.9 Å². The summed E-state index contributed by atoms with van der Waals surface area (Å²) in [4.78, 5) is 31.6. The van der Waals surface area contributed by atoms with Crippen molar-refractivity contribution in [2.24, 2.45) is 0 Å². The number of carbonyl (C=O) groups excluding carboxylic acids is 1. The first kappa shape index (κ1) is 16.7. The van der Waals surface area contributed by atoms with Gasteiger partial charge in [0.2, 0.25) is 0 Å². The third kappa shape index (κ3) is 2.96. The van der Waals surface area contributed by atoms with Crippen LogP contribution < -0.4 is 0 Å². The molecule has 0 spiro atoms. The van der Waals surface area contributed by atoms with Gasteiger partial charge >= 0.3 is 0 Å². The summed E-state index contributed by atoms with van der Waals surface area (Å²) in [6, 6.07) is 6.16. The summed E-state index contributed by atoms with van der Waals surface area (Å²) in [6.07, 6.45) is 3.65. The average Bonchev–Trinajstić information content (AvgIpc) is 3.07. The van der Waals surface area contributed by atoms with E-state index in [-0.39, 0.29) is 11.8 Å². The quantitative estimate of drug-likeness (QED) is 0.770. The van der Waals surface area contributed by atoms with Crippen molar-refractivity contribution in [3.63, 3.8) is 0 Å². The van der Waals surface area contributed by atoms with Crippen molar-refractivity contribution in [3.8, 4) is 0 Å². The van der Waals surface area contributed by atoms with Crippen LogP contribution in [0.4, 0.5) is 0 Å². The number of para-hydroxylation sites is 1. The van der Waals surface area contributed by atoms with E-state index < -0.39 is 0 Å². The molecule has 1 saturated heterocycles. The number of H-pyrrole nitrogens is 1. The Labute approximate surface area is 152 Å². The number of rotatable bonds is 2. The van der Waals surface area contributed by atoms with Crippen molar-refractivity contribution in [2.45, 2.75) is 39.5 Å². The standard InChI is InChI=1S/C20H23N5O/c1-12-6-4-8-17-18(12)24-19(23-17)15-7-5-9-25(11-15)20(26)16-10-21-14(3)22-13(16)2/h4,6,8,10,15H,5,7,9,11H2,1-3H3,(H,23,24). The number of aromatic nitrogens is 4. The smallest absolute Gasteiger partial charge is 0.257 e. The average molecular weight is 349 g/mol. The molecule has 1 unspecified atom stereocenters. The zero-order valence-corrected chi connectivity index (χ0v) is 15.4. The summed E-state index contributed by atoms with van der Waals surface area (Å²) in [5.74, 6) is 1.91. The SMILES string of the molecule is Cc1ncc(C(=O)N2CCCC(c3nc4c(C)cccc4[nH]3)C2)c(C)n1. The van der Waals surface area contributed by atoms with Crippen LogP contribution in [-0.2, 0) is 0 Å². The zero-order valence-electron chi connectivity index (χ0n) is 15.4. The van der Waals surface area contributed by atoms with Crippen molar-refractivity contribution in [2.75, 3.05) is 13.1 Å². The molecule has 0 aliphatic carbocycles. The number of likely N-dealkylation sites (tertiary alicyclic amines) is 1. The van der Waals surface area contributed by atoms with Crippen molar-refractivity contribution < 1.29 is 4.79 Å². The molecule has 1 aliphatic rings. The molecule has 3 heterocycles. The number of carbonyl (C=O) groups is 1. The molecule has 2 aromatic heterocycles. The van der Waals surface area contributed by atoms with Gasteiger partial charge in [0, 0.05) is 25.2 Å². The molecular formula is C20H23N5O. The molecule has 1 aliphatic heterocycles. The number of nitrogens with one attached hydrogen (secondary N) is 1. The molecule has 1 amide bonds. The van der Waals surface area contributed by atoms with Gasteiger partial charge in [-0.15, -0.1) is 0 Å². The molecule has 0 bridgehead atoms. The maximum absolute atomic E-state index is 13.0. The molecule has 4 rings (SSSR count). The lowest BCUT2D eigenvalue weighted by atomic mass is 9.96. The van der Waals surface area contributed by atoms with Crippen LogP contribution in [0.5, 0.6) is 0 Å². The maximum atomic E-state index is 13.0. The number of aryl methyl sites for hydroxylation is 3. The zero-order chi connectivity index (χ0) is 18.3. The van der Waals surface area contributed by atoms with Gasteiger partial charge in [-0.2, -0.15) is 0 Å². The normalized spacial score (nSPS) is 17.7. The van der Waals surface area contributed by atoms with Crippen LogP contribution >= 0.6 is 0 Å². The molecule has 134 valence electrons. The van der Waals surface area contributed by atoms with E-state index in [1.165, 1.54) is 5.56 Å². The highest BCUT2D eigenvalue weighted by Crippen LogP contribution is 2.28. The fourth-order valence-electron chi connectivity index (χ4n) is 3.74. The Morgan fingerprint density at radius 2 is 2.08 bits per heavy atom. The summed E-state index contributed by atoms with van der Waals surface area (Å²) < 4.78 is 0. The highest BCUT2D eigenvalue weighted by Gasteiger charge is 2.28.